The van der Waals surface area contributed by atoms with Gasteiger partial charge in [0.15, 0.2) is 0 Å². The Morgan fingerprint density at radius 1 is 1.19 bits per heavy atom. The molecular weight excluding hydrogens is 448 g/mol. The molecule has 2 aliphatic rings. The molecule has 9 heteroatoms. The molecular formula is C23H29ClN4O3S. The largest absolute Gasteiger partial charge is 0.492 e. The fourth-order valence-electron chi connectivity index (χ4n) is 4.33. The lowest BCUT2D eigenvalue weighted by molar-refractivity contribution is -0.121. The first-order valence-corrected chi connectivity index (χ1v) is 12.2. The maximum Gasteiger partial charge on any atom is 0.251 e. The van der Waals surface area contributed by atoms with Gasteiger partial charge in [0.25, 0.3) is 5.91 Å². The number of thiophene rings is 1. The van der Waals surface area contributed by atoms with Gasteiger partial charge in [-0.1, -0.05) is 11.6 Å². The molecule has 4 rings (SSSR count). The number of amides is 2. The highest BCUT2D eigenvalue weighted by Crippen LogP contribution is 2.38. The second-order valence-electron chi connectivity index (χ2n) is 8.27. The molecule has 0 bridgehead atoms. The predicted molar refractivity (Wildman–Crippen MR) is 128 cm³/mol. The number of halogens is 1. The average Bonchev–Trinajstić information content (AvgIpc) is 3.35. The second kappa shape index (κ2) is 10.2. The monoisotopic (exact) mass is 476 g/mol. The van der Waals surface area contributed by atoms with Gasteiger partial charge in [-0.2, -0.15) is 0 Å². The van der Waals surface area contributed by atoms with Gasteiger partial charge < -0.3 is 15.8 Å². The van der Waals surface area contributed by atoms with Crippen LogP contribution in [0.3, 0.4) is 0 Å². The Bertz CT molecular complexity index is 970. The number of carbonyl (C=O) groups excluding carboxylic acids is 2. The molecule has 1 aliphatic carbocycles. The summed E-state index contributed by atoms with van der Waals surface area (Å²) in [6.07, 6.45) is 2.86. The lowest BCUT2D eigenvalue weighted by Crippen LogP contribution is -2.53. The number of primary amides is 1. The Balaban J connectivity index is 1.24. The summed E-state index contributed by atoms with van der Waals surface area (Å²) in [6.45, 7) is 6.72. The summed E-state index contributed by atoms with van der Waals surface area (Å²) in [4.78, 5) is 30.6. The standard InChI is InChI=1S/C23H29ClN4O3S/c1-15(22(30)26-23-20(21(25)29)18-3-2-4-19(18)32-23)28-11-9-27(10-12-28)13-14-31-17-7-5-16(24)6-8-17/h5-8,15H,2-4,9-14H2,1H3,(H2,25,29)(H,26,30). The van der Waals surface area contributed by atoms with E-state index < -0.39 is 5.91 Å². The summed E-state index contributed by atoms with van der Waals surface area (Å²) in [5.41, 5.74) is 7.15. The number of benzene rings is 1. The van der Waals surface area contributed by atoms with Crippen molar-refractivity contribution in [3.63, 3.8) is 0 Å². The van der Waals surface area contributed by atoms with E-state index in [0.29, 0.717) is 22.2 Å². The van der Waals surface area contributed by atoms with Gasteiger partial charge in [0.2, 0.25) is 5.91 Å². The number of hydrogen-bond acceptors (Lipinski definition) is 6. The minimum Gasteiger partial charge on any atom is -0.492 e. The van der Waals surface area contributed by atoms with E-state index in [2.05, 4.69) is 15.1 Å². The van der Waals surface area contributed by atoms with Crippen LogP contribution in [0.15, 0.2) is 24.3 Å². The Morgan fingerprint density at radius 2 is 1.91 bits per heavy atom. The first-order valence-electron chi connectivity index (χ1n) is 11.0. The molecule has 1 saturated heterocycles. The molecule has 2 aromatic rings. The average molecular weight is 477 g/mol. The number of fused-ring (bicyclic) bond motifs is 1. The van der Waals surface area contributed by atoms with Crippen molar-refractivity contribution in [3.05, 3.63) is 45.3 Å². The highest BCUT2D eigenvalue weighted by atomic mass is 35.5. The molecule has 2 amide bonds. The number of nitrogens with zero attached hydrogens (tertiary/aromatic N) is 2. The highest BCUT2D eigenvalue weighted by Gasteiger charge is 2.29. The zero-order valence-corrected chi connectivity index (χ0v) is 19.8. The van der Waals surface area contributed by atoms with E-state index in [1.54, 1.807) is 0 Å². The smallest absolute Gasteiger partial charge is 0.251 e. The molecule has 0 spiro atoms. The van der Waals surface area contributed by atoms with Gasteiger partial charge in [0.1, 0.15) is 17.4 Å². The molecule has 1 unspecified atom stereocenters. The van der Waals surface area contributed by atoms with Crippen molar-refractivity contribution >= 4 is 39.8 Å². The van der Waals surface area contributed by atoms with Crippen molar-refractivity contribution in [2.45, 2.75) is 32.2 Å². The van der Waals surface area contributed by atoms with Crippen LogP contribution in [0.4, 0.5) is 5.00 Å². The van der Waals surface area contributed by atoms with Gasteiger partial charge >= 0.3 is 0 Å². The summed E-state index contributed by atoms with van der Waals surface area (Å²) in [5, 5.41) is 4.28. The Kier molecular flexibility index (Phi) is 7.35. The van der Waals surface area contributed by atoms with Crippen LogP contribution in [0.25, 0.3) is 0 Å². The fraction of sp³-hybridized carbons (Fsp3) is 0.478. The third-order valence-electron chi connectivity index (χ3n) is 6.23. The van der Waals surface area contributed by atoms with E-state index in [1.807, 2.05) is 31.2 Å². The Morgan fingerprint density at radius 3 is 2.59 bits per heavy atom. The second-order valence-corrected chi connectivity index (χ2v) is 9.81. The quantitative estimate of drug-likeness (QED) is 0.611. The topological polar surface area (TPSA) is 87.9 Å². The maximum atomic E-state index is 12.9. The van der Waals surface area contributed by atoms with Crippen molar-refractivity contribution < 1.29 is 14.3 Å². The number of nitrogens with two attached hydrogens (primary N) is 1. The normalized spacial score (nSPS) is 17.7. The van der Waals surface area contributed by atoms with Crippen molar-refractivity contribution in [1.29, 1.82) is 0 Å². The number of nitrogens with one attached hydrogen (secondary N) is 1. The summed E-state index contributed by atoms with van der Waals surface area (Å²) < 4.78 is 5.78. The number of hydrogen-bond donors (Lipinski definition) is 2. The minimum absolute atomic E-state index is 0.0908. The van der Waals surface area contributed by atoms with E-state index in [-0.39, 0.29) is 11.9 Å². The van der Waals surface area contributed by atoms with E-state index in [4.69, 9.17) is 22.1 Å². The molecule has 0 radical (unpaired) electrons. The number of rotatable bonds is 8. The summed E-state index contributed by atoms with van der Waals surface area (Å²) in [6, 6.07) is 7.09. The van der Waals surface area contributed by atoms with Crippen LogP contribution in [0.1, 0.15) is 34.1 Å². The molecule has 7 nitrogen and oxygen atoms in total. The summed E-state index contributed by atoms with van der Waals surface area (Å²) in [5.74, 6) is 0.266. The van der Waals surface area contributed by atoms with Gasteiger partial charge in [-0.15, -0.1) is 11.3 Å². The molecule has 3 N–H and O–H groups in total. The van der Waals surface area contributed by atoms with Crippen LogP contribution in [0.5, 0.6) is 5.75 Å². The Hall–Kier alpha value is -2.13. The van der Waals surface area contributed by atoms with Crippen LogP contribution >= 0.6 is 22.9 Å². The number of anilines is 1. The number of aryl methyl sites for hydroxylation is 1. The number of ether oxygens (including phenoxy) is 1. The van der Waals surface area contributed by atoms with E-state index in [0.717, 1.165) is 63.3 Å². The van der Waals surface area contributed by atoms with Gasteiger partial charge in [-0.25, -0.2) is 0 Å². The van der Waals surface area contributed by atoms with Gasteiger partial charge in [-0.05, 0) is 56.0 Å². The molecule has 1 aliphatic heterocycles. The molecule has 0 saturated carbocycles. The van der Waals surface area contributed by atoms with Gasteiger partial charge in [-0.3, -0.25) is 19.4 Å². The third-order valence-corrected chi connectivity index (χ3v) is 7.69. The molecule has 1 fully saturated rings. The van der Waals surface area contributed by atoms with Crippen LogP contribution in [-0.2, 0) is 17.6 Å². The van der Waals surface area contributed by atoms with E-state index in [1.165, 1.54) is 16.2 Å². The lowest BCUT2D eigenvalue weighted by Gasteiger charge is -2.37. The van der Waals surface area contributed by atoms with Crippen molar-refractivity contribution in [1.82, 2.24) is 9.80 Å². The van der Waals surface area contributed by atoms with Gasteiger partial charge in [0, 0.05) is 42.6 Å². The van der Waals surface area contributed by atoms with Crippen LogP contribution in [0, 0.1) is 0 Å². The van der Waals surface area contributed by atoms with Crippen molar-refractivity contribution in [2.24, 2.45) is 5.73 Å². The van der Waals surface area contributed by atoms with Crippen LogP contribution in [-0.4, -0.2) is 67.0 Å². The van der Waals surface area contributed by atoms with E-state index >= 15 is 0 Å². The minimum atomic E-state index is -0.457. The van der Waals surface area contributed by atoms with E-state index in [9.17, 15) is 9.59 Å². The zero-order valence-electron chi connectivity index (χ0n) is 18.2. The van der Waals surface area contributed by atoms with Crippen molar-refractivity contribution in [3.8, 4) is 5.75 Å². The van der Waals surface area contributed by atoms with Crippen LogP contribution < -0.4 is 15.8 Å². The molecule has 2 heterocycles. The molecule has 1 aromatic heterocycles. The predicted octanol–water partition coefficient (Wildman–Crippen LogP) is 3.01. The van der Waals surface area contributed by atoms with Crippen molar-refractivity contribution in [2.75, 3.05) is 44.6 Å². The highest BCUT2D eigenvalue weighted by molar-refractivity contribution is 7.17. The maximum absolute atomic E-state index is 12.9. The number of piperazine rings is 1. The molecule has 32 heavy (non-hydrogen) atoms. The van der Waals surface area contributed by atoms with Crippen LogP contribution in [0.2, 0.25) is 5.02 Å². The number of carbonyl (C=O) groups is 2. The Labute approximate surface area is 197 Å². The first kappa shape index (κ1) is 23.0. The first-order chi connectivity index (χ1) is 15.4. The lowest BCUT2D eigenvalue weighted by atomic mass is 10.1. The molecule has 172 valence electrons. The van der Waals surface area contributed by atoms with Gasteiger partial charge in [0.05, 0.1) is 11.6 Å². The molecule has 1 atom stereocenters. The SMILES string of the molecule is CC(C(=O)Nc1sc2c(c1C(N)=O)CCC2)N1CCN(CCOc2ccc(Cl)cc2)CC1. The molecule has 1 aromatic carbocycles. The summed E-state index contributed by atoms with van der Waals surface area (Å²) >= 11 is 7.39. The third kappa shape index (κ3) is 5.26. The fourth-order valence-corrected chi connectivity index (χ4v) is 5.76. The zero-order chi connectivity index (χ0) is 22.7. The summed E-state index contributed by atoms with van der Waals surface area (Å²) in [7, 11) is 0.